The number of halogens is 1. The Hall–Kier alpha value is -3.41. The molecule has 2 aromatic heterocycles. The number of hydrogen-bond acceptors (Lipinski definition) is 5. The van der Waals surface area contributed by atoms with Crippen LogP contribution in [0.2, 0.25) is 0 Å². The Morgan fingerprint density at radius 2 is 1.68 bits per heavy atom. The van der Waals surface area contributed by atoms with Crippen LogP contribution in [0.25, 0.3) is 5.70 Å². The second-order valence-electron chi connectivity index (χ2n) is 5.18. The van der Waals surface area contributed by atoms with Gasteiger partial charge >= 0.3 is 0 Å². The average Bonchev–Trinajstić information content (AvgIpc) is 2.67. The van der Waals surface area contributed by atoms with Crippen LogP contribution in [0.4, 0.5) is 4.39 Å². The maximum absolute atomic E-state index is 13.8. The van der Waals surface area contributed by atoms with Gasteiger partial charge in [0.1, 0.15) is 11.5 Å². The highest BCUT2D eigenvalue weighted by molar-refractivity contribution is 6.09. The number of pyridine rings is 1. The first-order valence-electron chi connectivity index (χ1n) is 7.68. The van der Waals surface area contributed by atoms with E-state index in [0.29, 0.717) is 28.5 Å². The van der Waals surface area contributed by atoms with Crippen molar-refractivity contribution in [2.45, 2.75) is 6.54 Å². The van der Waals surface area contributed by atoms with E-state index in [1.807, 2.05) is 12.1 Å². The SMILES string of the molecule is NC(=CC(=NCc1ccccc1F)c1ncccn1)c1ccccn1. The van der Waals surface area contributed by atoms with Gasteiger partial charge in [0, 0.05) is 24.2 Å². The summed E-state index contributed by atoms with van der Waals surface area (Å²) in [5.74, 6) is 0.110. The minimum Gasteiger partial charge on any atom is -0.397 e. The number of aromatic nitrogens is 3. The van der Waals surface area contributed by atoms with Crippen molar-refractivity contribution in [3.8, 4) is 0 Å². The molecule has 0 bridgehead atoms. The van der Waals surface area contributed by atoms with Crippen LogP contribution in [0.5, 0.6) is 0 Å². The number of rotatable bonds is 5. The second kappa shape index (κ2) is 7.92. The first kappa shape index (κ1) is 16.4. The lowest BCUT2D eigenvalue weighted by Crippen LogP contribution is -2.08. The van der Waals surface area contributed by atoms with E-state index < -0.39 is 0 Å². The van der Waals surface area contributed by atoms with Gasteiger partial charge in [-0.15, -0.1) is 0 Å². The maximum atomic E-state index is 13.8. The Morgan fingerprint density at radius 1 is 0.960 bits per heavy atom. The van der Waals surface area contributed by atoms with Crippen molar-refractivity contribution in [3.05, 3.63) is 96.1 Å². The van der Waals surface area contributed by atoms with Crippen molar-refractivity contribution >= 4 is 11.4 Å². The van der Waals surface area contributed by atoms with E-state index in [2.05, 4.69) is 19.9 Å². The fraction of sp³-hybridized carbons (Fsp3) is 0.0526. The number of nitrogens with zero attached hydrogens (tertiary/aromatic N) is 4. The van der Waals surface area contributed by atoms with Gasteiger partial charge in [0.15, 0.2) is 5.82 Å². The molecule has 3 rings (SSSR count). The molecule has 2 heterocycles. The third-order valence-electron chi connectivity index (χ3n) is 3.43. The van der Waals surface area contributed by atoms with Gasteiger partial charge in [-0.2, -0.15) is 0 Å². The molecule has 2 N–H and O–H groups in total. The van der Waals surface area contributed by atoms with Crippen LogP contribution in [0.3, 0.4) is 0 Å². The topological polar surface area (TPSA) is 77.0 Å². The molecule has 25 heavy (non-hydrogen) atoms. The van der Waals surface area contributed by atoms with Crippen molar-refractivity contribution < 1.29 is 4.39 Å². The summed E-state index contributed by atoms with van der Waals surface area (Å²) < 4.78 is 13.8. The van der Waals surface area contributed by atoms with Crippen LogP contribution >= 0.6 is 0 Å². The van der Waals surface area contributed by atoms with E-state index >= 15 is 0 Å². The zero-order chi connectivity index (χ0) is 17.5. The lowest BCUT2D eigenvalue weighted by Gasteiger charge is -2.05. The molecule has 1 aromatic carbocycles. The van der Waals surface area contributed by atoms with Crippen LogP contribution in [-0.2, 0) is 6.54 Å². The van der Waals surface area contributed by atoms with E-state index in [-0.39, 0.29) is 12.4 Å². The van der Waals surface area contributed by atoms with Gasteiger partial charge in [-0.05, 0) is 30.3 Å². The summed E-state index contributed by atoms with van der Waals surface area (Å²) >= 11 is 0. The molecule has 0 amide bonds. The average molecular weight is 333 g/mol. The molecule has 6 heteroatoms. The Bertz CT molecular complexity index is 892. The van der Waals surface area contributed by atoms with Crippen molar-refractivity contribution in [3.63, 3.8) is 0 Å². The highest BCUT2D eigenvalue weighted by atomic mass is 19.1. The number of nitrogens with two attached hydrogens (primary N) is 1. The quantitative estimate of drug-likeness (QED) is 0.728. The molecule has 0 aliphatic heterocycles. The van der Waals surface area contributed by atoms with Crippen molar-refractivity contribution in [2.24, 2.45) is 10.7 Å². The van der Waals surface area contributed by atoms with E-state index in [9.17, 15) is 4.39 Å². The standard InChI is InChI=1S/C19H16FN5/c20-15-7-2-1-6-14(15)13-25-18(19-23-10-5-11-24-19)12-16(21)17-8-3-4-9-22-17/h1-12H,13,21H2. The van der Waals surface area contributed by atoms with Crippen LogP contribution in [0, 0.1) is 5.82 Å². The van der Waals surface area contributed by atoms with E-state index in [1.165, 1.54) is 6.07 Å². The summed E-state index contributed by atoms with van der Waals surface area (Å²) in [5.41, 5.74) is 8.12. The molecule has 0 unspecified atom stereocenters. The number of hydrogen-bond donors (Lipinski definition) is 1. The summed E-state index contributed by atoms with van der Waals surface area (Å²) in [6, 6.07) is 13.7. The molecule has 0 atom stereocenters. The van der Waals surface area contributed by atoms with Gasteiger partial charge in [0.25, 0.3) is 0 Å². The Kier molecular flexibility index (Phi) is 5.21. The predicted molar refractivity (Wildman–Crippen MR) is 95.1 cm³/mol. The highest BCUT2D eigenvalue weighted by Crippen LogP contribution is 2.11. The summed E-state index contributed by atoms with van der Waals surface area (Å²) in [5, 5.41) is 0. The smallest absolute Gasteiger partial charge is 0.177 e. The molecular weight excluding hydrogens is 317 g/mol. The van der Waals surface area contributed by atoms with Crippen LogP contribution in [-0.4, -0.2) is 20.7 Å². The fourth-order valence-corrected chi connectivity index (χ4v) is 2.16. The third-order valence-corrected chi connectivity index (χ3v) is 3.43. The number of benzene rings is 1. The lowest BCUT2D eigenvalue weighted by atomic mass is 10.2. The normalized spacial score (nSPS) is 12.2. The minimum absolute atomic E-state index is 0.159. The largest absolute Gasteiger partial charge is 0.397 e. The zero-order valence-electron chi connectivity index (χ0n) is 13.4. The third kappa shape index (κ3) is 4.32. The first-order chi connectivity index (χ1) is 12.2. The molecule has 5 nitrogen and oxygen atoms in total. The van der Waals surface area contributed by atoms with Gasteiger partial charge in [0.2, 0.25) is 0 Å². The monoisotopic (exact) mass is 333 g/mol. The first-order valence-corrected chi connectivity index (χ1v) is 7.68. The Morgan fingerprint density at radius 3 is 2.40 bits per heavy atom. The molecule has 124 valence electrons. The molecule has 0 aliphatic carbocycles. The Balaban J connectivity index is 1.96. The van der Waals surface area contributed by atoms with Crippen molar-refractivity contribution in [1.82, 2.24) is 15.0 Å². The summed E-state index contributed by atoms with van der Waals surface area (Å²) in [7, 11) is 0. The van der Waals surface area contributed by atoms with E-state index in [0.717, 1.165) is 0 Å². The van der Waals surface area contributed by atoms with Crippen LogP contribution in [0.15, 0.2) is 78.2 Å². The van der Waals surface area contributed by atoms with Gasteiger partial charge in [-0.3, -0.25) is 9.98 Å². The molecular formula is C19H16FN5. The fourth-order valence-electron chi connectivity index (χ4n) is 2.16. The maximum Gasteiger partial charge on any atom is 0.177 e. The predicted octanol–water partition coefficient (Wildman–Crippen LogP) is 3.00. The van der Waals surface area contributed by atoms with E-state index in [1.54, 1.807) is 55.0 Å². The molecule has 0 radical (unpaired) electrons. The van der Waals surface area contributed by atoms with Crippen molar-refractivity contribution in [2.75, 3.05) is 0 Å². The minimum atomic E-state index is -0.304. The number of allylic oxidation sites excluding steroid dienone is 1. The molecule has 3 aromatic rings. The van der Waals surface area contributed by atoms with Gasteiger partial charge in [-0.25, -0.2) is 14.4 Å². The van der Waals surface area contributed by atoms with E-state index in [4.69, 9.17) is 5.73 Å². The molecule has 0 fully saturated rings. The van der Waals surface area contributed by atoms with Gasteiger partial charge in [-0.1, -0.05) is 24.3 Å². The number of aliphatic imine (C=N–C) groups is 1. The second-order valence-corrected chi connectivity index (χ2v) is 5.18. The molecule has 0 saturated carbocycles. The molecule has 0 aliphatic rings. The summed E-state index contributed by atoms with van der Waals surface area (Å²) in [6.07, 6.45) is 6.54. The zero-order valence-corrected chi connectivity index (χ0v) is 13.4. The molecule has 0 spiro atoms. The van der Waals surface area contributed by atoms with Crippen molar-refractivity contribution in [1.29, 1.82) is 0 Å². The van der Waals surface area contributed by atoms with Gasteiger partial charge < -0.3 is 5.73 Å². The van der Waals surface area contributed by atoms with Crippen LogP contribution in [0.1, 0.15) is 17.1 Å². The highest BCUT2D eigenvalue weighted by Gasteiger charge is 2.07. The van der Waals surface area contributed by atoms with Gasteiger partial charge in [0.05, 0.1) is 17.9 Å². The lowest BCUT2D eigenvalue weighted by molar-refractivity contribution is 0.611. The summed E-state index contributed by atoms with van der Waals surface area (Å²) in [6.45, 7) is 0.159. The van der Waals surface area contributed by atoms with Crippen LogP contribution < -0.4 is 5.73 Å². The summed E-state index contributed by atoms with van der Waals surface area (Å²) in [4.78, 5) is 17.1. The Labute approximate surface area is 144 Å². The molecule has 0 saturated heterocycles.